The molecule has 1 aliphatic rings. The Morgan fingerprint density at radius 2 is 2.05 bits per heavy atom. The van der Waals surface area contributed by atoms with Crippen LogP contribution in [-0.2, 0) is 4.74 Å². The molecule has 0 saturated carbocycles. The molecule has 1 unspecified atom stereocenters. The molecule has 0 amide bonds. The standard InChI is InChI=1S/C17H22N2O/c1-2-18-16(14-8-11-20-12-9-14)17-15-6-4-3-5-13(15)7-10-19-17/h3-7,10,14,16,18H,2,8-9,11-12H2,1H3. The fraction of sp³-hybridized carbons (Fsp3) is 0.471. The fourth-order valence-corrected chi connectivity index (χ4v) is 3.15. The van der Waals surface area contributed by atoms with Crippen molar-refractivity contribution >= 4 is 10.8 Å². The number of benzene rings is 1. The summed E-state index contributed by atoms with van der Waals surface area (Å²) in [4.78, 5) is 4.70. The number of hydrogen-bond acceptors (Lipinski definition) is 3. The lowest BCUT2D eigenvalue weighted by Crippen LogP contribution is -2.32. The minimum atomic E-state index is 0.329. The van der Waals surface area contributed by atoms with Crippen molar-refractivity contribution in [3.63, 3.8) is 0 Å². The van der Waals surface area contributed by atoms with Gasteiger partial charge in [-0.25, -0.2) is 0 Å². The first kappa shape index (κ1) is 13.5. The van der Waals surface area contributed by atoms with Crippen molar-refractivity contribution in [1.82, 2.24) is 10.3 Å². The third-order valence-electron chi connectivity index (χ3n) is 4.16. The van der Waals surface area contributed by atoms with Gasteiger partial charge in [-0.2, -0.15) is 0 Å². The number of aromatic nitrogens is 1. The van der Waals surface area contributed by atoms with Gasteiger partial charge >= 0.3 is 0 Å². The van der Waals surface area contributed by atoms with E-state index in [2.05, 4.69) is 42.6 Å². The van der Waals surface area contributed by atoms with Crippen LogP contribution in [0.25, 0.3) is 10.8 Å². The van der Waals surface area contributed by atoms with E-state index >= 15 is 0 Å². The normalized spacial score (nSPS) is 18.2. The second kappa shape index (κ2) is 6.33. The van der Waals surface area contributed by atoms with Gasteiger partial charge in [0, 0.05) is 24.8 Å². The molecule has 2 heterocycles. The summed E-state index contributed by atoms with van der Waals surface area (Å²) >= 11 is 0. The Balaban J connectivity index is 2.00. The van der Waals surface area contributed by atoms with E-state index in [0.717, 1.165) is 32.6 Å². The monoisotopic (exact) mass is 270 g/mol. The van der Waals surface area contributed by atoms with E-state index in [4.69, 9.17) is 9.72 Å². The third kappa shape index (κ3) is 2.69. The van der Waals surface area contributed by atoms with Gasteiger partial charge in [-0.05, 0) is 36.8 Å². The van der Waals surface area contributed by atoms with Gasteiger partial charge in [-0.15, -0.1) is 0 Å². The van der Waals surface area contributed by atoms with Crippen LogP contribution >= 0.6 is 0 Å². The zero-order valence-corrected chi connectivity index (χ0v) is 12.0. The molecule has 1 atom stereocenters. The first-order valence-corrected chi connectivity index (χ1v) is 7.55. The van der Waals surface area contributed by atoms with Gasteiger partial charge < -0.3 is 10.1 Å². The van der Waals surface area contributed by atoms with Gasteiger partial charge in [0.25, 0.3) is 0 Å². The largest absolute Gasteiger partial charge is 0.381 e. The first-order chi connectivity index (χ1) is 9.90. The first-order valence-electron chi connectivity index (χ1n) is 7.55. The summed E-state index contributed by atoms with van der Waals surface area (Å²) in [6.07, 6.45) is 4.16. The zero-order chi connectivity index (χ0) is 13.8. The number of ether oxygens (including phenoxy) is 1. The summed E-state index contributed by atoms with van der Waals surface area (Å²) in [6.45, 7) is 4.87. The van der Waals surface area contributed by atoms with Crippen molar-refractivity contribution in [2.75, 3.05) is 19.8 Å². The van der Waals surface area contributed by atoms with E-state index in [1.54, 1.807) is 0 Å². The molecule has 0 aliphatic carbocycles. The lowest BCUT2D eigenvalue weighted by molar-refractivity contribution is 0.0535. The Kier molecular flexibility index (Phi) is 4.28. The molecule has 1 fully saturated rings. The molecule has 2 aromatic rings. The van der Waals surface area contributed by atoms with Crippen molar-refractivity contribution in [3.8, 4) is 0 Å². The highest BCUT2D eigenvalue weighted by molar-refractivity contribution is 5.84. The Morgan fingerprint density at radius 1 is 1.25 bits per heavy atom. The molecule has 1 aromatic carbocycles. The van der Waals surface area contributed by atoms with Gasteiger partial charge in [0.1, 0.15) is 0 Å². The van der Waals surface area contributed by atoms with Crippen molar-refractivity contribution < 1.29 is 4.74 Å². The maximum atomic E-state index is 5.50. The van der Waals surface area contributed by atoms with E-state index in [1.807, 2.05) is 6.20 Å². The summed E-state index contributed by atoms with van der Waals surface area (Å²) in [5.41, 5.74) is 1.19. The Bertz CT molecular complexity index is 558. The summed E-state index contributed by atoms with van der Waals surface area (Å²) in [5.74, 6) is 0.613. The summed E-state index contributed by atoms with van der Waals surface area (Å²) in [5, 5.41) is 6.18. The van der Waals surface area contributed by atoms with Crippen LogP contribution in [0.15, 0.2) is 36.5 Å². The number of pyridine rings is 1. The smallest absolute Gasteiger partial charge is 0.0654 e. The highest BCUT2D eigenvalue weighted by Crippen LogP contribution is 2.32. The summed E-state index contributed by atoms with van der Waals surface area (Å²) in [6, 6.07) is 10.9. The van der Waals surface area contributed by atoms with E-state index < -0.39 is 0 Å². The van der Waals surface area contributed by atoms with Crippen LogP contribution < -0.4 is 5.32 Å². The molecule has 0 bridgehead atoms. The molecule has 0 spiro atoms. The number of hydrogen-bond donors (Lipinski definition) is 1. The summed E-state index contributed by atoms with van der Waals surface area (Å²) in [7, 11) is 0. The van der Waals surface area contributed by atoms with E-state index in [1.165, 1.54) is 16.5 Å². The van der Waals surface area contributed by atoms with Crippen LogP contribution in [0.2, 0.25) is 0 Å². The maximum absolute atomic E-state index is 5.50. The molecule has 3 nitrogen and oxygen atoms in total. The maximum Gasteiger partial charge on any atom is 0.0654 e. The predicted molar refractivity (Wildman–Crippen MR) is 81.7 cm³/mol. The van der Waals surface area contributed by atoms with Crippen LogP contribution in [0, 0.1) is 5.92 Å². The molecule has 1 aliphatic heterocycles. The van der Waals surface area contributed by atoms with Gasteiger partial charge in [-0.1, -0.05) is 31.2 Å². The summed E-state index contributed by atoms with van der Waals surface area (Å²) < 4.78 is 5.50. The molecule has 3 heteroatoms. The zero-order valence-electron chi connectivity index (χ0n) is 12.0. The molecular weight excluding hydrogens is 248 g/mol. The highest BCUT2D eigenvalue weighted by atomic mass is 16.5. The van der Waals surface area contributed by atoms with E-state index in [0.29, 0.717) is 12.0 Å². The molecule has 1 aromatic heterocycles. The van der Waals surface area contributed by atoms with Crippen LogP contribution in [0.5, 0.6) is 0 Å². The highest BCUT2D eigenvalue weighted by Gasteiger charge is 2.26. The molecule has 1 saturated heterocycles. The van der Waals surface area contributed by atoms with Crippen molar-refractivity contribution in [2.24, 2.45) is 5.92 Å². The molecule has 20 heavy (non-hydrogen) atoms. The van der Waals surface area contributed by atoms with Gasteiger partial charge in [0.05, 0.1) is 11.7 Å². The average Bonchev–Trinajstić information content (AvgIpc) is 2.53. The predicted octanol–water partition coefficient (Wildman–Crippen LogP) is 3.31. The van der Waals surface area contributed by atoms with Crippen molar-refractivity contribution in [1.29, 1.82) is 0 Å². The second-order valence-electron chi connectivity index (χ2n) is 5.40. The van der Waals surface area contributed by atoms with Crippen molar-refractivity contribution in [3.05, 3.63) is 42.2 Å². The van der Waals surface area contributed by atoms with Crippen molar-refractivity contribution in [2.45, 2.75) is 25.8 Å². The molecule has 3 rings (SSSR count). The minimum Gasteiger partial charge on any atom is -0.381 e. The molecular formula is C17H22N2O. The van der Waals surface area contributed by atoms with Crippen LogP contribution in [0.1, 0.15) is 31.5 Å². The minimum absolute atomic E-state index is 0.329. The van der Waals surface area contributed by atoms with Crippen LogP contribution in [0.3, 0.4) is 0 Å². The van der Waals surface area contributed by atoms with Gasteiger partial charge in [0.15, 0.2) is 0 Å². The number of fused-ring (bicyclic) bond motifs is 1. The fourth-order valence-electron chi connectivity index (χ4n) is 3.15. The number of rotatable bonds is 4. The number of nitrogens with zero attached hydrogens (tertiary/aromatic N) is 1. The van der Waals surface area contributed by atoms with E-state index in [-0.39, 0.29) is 0 Å². The number of nitrogens with one attached hydrogen (secondary N) is 1. The Morgan fingerprint density at radius 3 is 2.85 bits per heavy atom. The topological polar surface area (TPSA) is 34.2 Å². The SMILES string of the molecule is CCNC(c1nccc2ccccc12)C1CCOCC1. The molecule has 0 radical (unpaired) electrons. The Labute approximate surface area is 120 Å². The third-order valence-corrected chi connectivity index (χ3v) is 4.16. The quantitative estimate of drug-likeness (QED) is 0.925. The molecule has 1 N–H and O–H groups in total. The molecule has 106 valence electrons. The lowest BCUT2D eigenvalue weighted by atomic mass is 9.87. The van der Waals surface area contributed by atoms with E-state index in [9.17, 15) is 0 Å². The Hall–Kier alpha value is -1.45. The van der Waals surface area contributed by atoms with Gasteiger partial charge in [-0.3, -0.25) is 4.98 Å². The average molecular weight is 270 g/mol. The lowest BCUT2D eigenvalue weighted by Gasteiger charge is -2.31. The second-order valence-corrected chi connectivity index (χ2v) is 5.40. The van der Waals surface area contributed by atoms with Crippen LogP contribution in [-0.4, -0.2) is 24.7 Å². The van der Waals surface area contributed by atoms with Gasteiger partial charge in [0.2, 0.25) is 0 Å². The van der Waals surface area contributed by atoms with Crippen LogP contribution in [0.4, 0.5) is 0 Å².